The highest BCUT2D eigenvalue weighted by molar-refractivity contribution is 6.30. The molecule has 0 spiro atoms. The summed E-state index contributed by atoms with van der Waals surface area (Å²) < 4.78 is 30.6. The second kappa shape index (κ2) is 10.6. The number of anilines is 1. The number of alkyl halides is 1. The van der Waals surface area contributed by atoms with E-state index in [9.17, 15) is 14.3 Å². The number of morpholine rings is 1. The van der Waals surface area contributed by atoms with E-state index in [4.69, 9.17) is 25.5 Å². The average Bonchev–Trinajstić information content (AvgIpc) is 3.24. The minimum absolute atomic E-state index is 0.0481. The quantitative estimate of drug-likeness (QED) is 0.486. The Morgan fingerprint density at radius 2 is 2.21 bits per heavy atom. The molecule has 1 aromatic heterocycles. The molecule has 182 valence electrons. The van der Waals surface area contributed by atoms with Gasteiger partial charge in [-0.1, -0.05) is 23.7 Å². The highest BCUT2D eigenvalue weighted by Crippen LogP contribution is 2.33. The second-order valence-corrected chi connectivity index (χ2v) is 8.65. The fourth-order valence-electron chi connectivity index (χ4n) is 4.20. The van der Waals surface area contributed by atoms with Crippen molar-refractivity contribution in [2.45, 2.75) is 31.5 Å². The molecule has 3 atom stereocenters. The van der Waals surface area contributed by atoms with Gasteiger partial charge in [0.15, 0.2) is 11.3 Å². The number of oxazole rings is 1. The van der Waals surface area contributed by atoms with Crippen molar-refractivity contribution < 1.29 is 28.2 Å². The van der Waals surface area contributed by atoms with Crippen molar-refractivity contribution in [2.75, 3.05) is 38.9 Å². The lowest BCUT2D eigenvalue weighted by Gasteiger charge is -2.40. The van der Waals surface area contributed by atoms with E-state index < -0.39 is 12.7 Å². The molecule has 3 aromatic rings. The molecule has 8 nitrogen and oxygen atoms in total. The van der Waals surface area contributed by atoms with Crippen molar-refractivity contribution in [2.24, 2.45) is 0 Å². The average molecular weight is 492 g/mol. The van der Waals surface area contributed by atoms with Crippen LogP contribution in [0.4, 0.5) is 10.4 Å². The van der Waals surface area contributed by atoms with E-state index in [0.29, 0.717) is 52.6 Å². The molecule has 2 N–H and O–H groups in total. The number of aromatic nitrogens is 1. The van der Waals surface area contributed by atoms with Gasteiger partial charge >= 0.3 is 0 Å². The van der Waals surface area contributed by atoms with E-state index in [-0.39, 0.29) is 30.6 Å². The van der Waals surface area contributed by atoms with Gasteiger partial charge in [-0.2, -0.15) is 4.98 Å². The maximum Gasteiger partial charge on any atom is 0.296 e. The minimum Gasteiger partial charge on any atom is -0.493 e. The van der Waals surface area contributed by atoms with Gasteiger partial charge < -0.3 is 29.2 Å². The molecule has 1 aliphatic rings. The summed E-state index contributed by atoms with van der Waals surface area (Å²) in [6.45, 7) is 1.93. The third-order valence-electron chi connectivity index (χ3n) is 5.86. The molecular weight excluding hydrogens is 465 g/mol. The van der Waals surface area contributed by atoms with Crippen LogP contribution in [0.3, 0.4) is 0 Å². The maximum absolute atomic E-state index is 13.8. The summed E-state index contributed by atoms with van der Waals surface area (Å²) in [5.74, 6) is 0.119. The van der Waals surface area contributed by atoms with Gasteiger partial charge in [0, 0.05) is 17.2 Å². The first kappa shape index (κ1) is 24.3. The summed E-state index contributed by atoms with van der Waals surface area (Å²) >= 11 is 6.04. The van der Waals surface area contributed by atoms with Crippen LogP contribution in [-0.2, 0) is 4.74 Å². The first-order valence-electron chi connectivity index (χ1n) is 11.0. The molecule has 0 saturated carbocycles. The third-order valence-corrected chi connectivity index (χ3v) is 6.10. The number of carbonyl (C=O) groups is 1. The predicted octanol–water partition coefficient (Wildman–Crippen LogP) is 4.22. The van der Waals surface area contributed by atoms with Crippen molar-refractivity contribution in [3.63, 3.8) is 0 Å². The Morgan fingerprint density at radius 3 is 2.91 bits per heavy atom. The minimum atomic E-state index is -0.715. The zero-order chi connectivity index (χ0) is 24.2. The van der Waals surface area contributed by atoms with E-state index in [0.717, 1.165) is 0 Å². The number of fused-ring (bicyclic) bond motifs is 1. The summed E-state index contributed by atoms with van der Waals surface area (Å²) in [4.78, 5) is 19.6. The van der Waals surface area contributed by atoms with Crippen LogP contribution in [0.5, 0.6) is 5.75 Å². The number of hydrogen-bond acceptors (Lipinski definition) is 7. The Bertz CT molecular complexity index is 1150. The van der Waals surface area contributed by atoms with Gasteiger partial charge in [0.1, 0.15) is 12.2 Å². The largest absolute Gasteiger partial charge is 0.493 e. The first-order valence-corrected chi connectivity index (χ1v) is 11.4. The lowest BCUT2D eigenvalue weighted by molar-refractivity contribution is -0.0361. The van der Waals surface area contributed by atoms with Gasteiger partial charge in [-0.05, 0) is 43.2 Å². The van der Waals surface area contributed by atoms with Gasteiger partial charge in [0.2, 0.25) is 0 Å². The molecule has 1 amide bonds. The van der Waals surface area contributed by atoms with Crippen molar-refractivity contribution in [3.05, 3.63) is 52.5 Å². The van der Waals surface area contributed by atoms with Crippen LogP contribution in [0.1, 0.15) is 35.3 Å². The number of hydrogen-bond donors (Lipinski definition) is 2. The van der Waals surface area contributed by atoms with E-state index in [1.807, 2.05) is 6.92 Å². The summed E-state index contributed by atoms with van der Waals surface area (Å²) in [7, 11) is 1.47. The van der Waals surface area contributed by atoms with Crippen LogP contribution >= 0.6 is 11.6 Å². The van der Waals surface area contributed by atoms with Crippen LogP contribution in [0.15, 0.2) is 40.8 Å². The Hall–Kier alpha value is -2.88. The molecule has 34 heavy (non-hydrogen) atoms. The van der Waals surface area contributed by atoms with Crippen LogP contribution < -0.4 is 10.1 Å². The van der Waals surface area contributed by atoms with Gasteiger partial charge in [-0.25, -0.2) is 4.39 Å². The Labute approximate surface area is 201 Å². The number of carbonyl (C=O) groups excluding carboxylic acids is 1. The molecule has 1 unspecified atom stereocenters. The highest BCUT2D eigenvalue weighted by Gasteiger charge is 2.33. The standard InChI is InChI=1S/C24H27ClFN3O5/c1-14-12-33-13-18(6-7-30)29(14)23(31)16-9-19-22(21(10-16)32-2)34-24(27-19)28-20(11-26)15-4-3-5-17(25)8-15/h3-5,8-10,14,18,20,30H,6-7,11-13H2,1-2H3,(H,27,28)/t14?,18-,20+/m0/s1. The number of nitrogens with zero attached hydrogens (tertiary/aromatic N) is 2. The number of ether oxygens (including phenoxy) is 2. The fourth-order valence-corrected chi connectivity index (χ4v) is 4.40. The van der Waals surface area contributed by atoms with Gasteiger partial charge in [0.25, 0.3) is 11.9 Å². The molecule has 1 saturated heterocycles. The molecule has 1 fully saturated rings. The predicted molar refractivity (Wildman–Crippen MR) is 126 cm³/mol. The van der Waals surface area contributed by atoms with Gasteiger partial charge in [-0.3, -0.25) is 4.79 Å². The Kier molecular flexibility index (Phi) is 7.55. The molecule has 0 radical (unpaired) electrons. The Balaban J connectivity index is 1.65. The van der Waals surface area contributed by atoms with Crippen molar-refractivity contribution in [3.8, 4) is 5.75 Å². The van der Waals surface area contributed by atoms with Crippen LogP contribution in [0, 0.1) is 0 Å². The second-order valence-electron chi connectivity index (χ2n) is 8.22. The van der Waals surface area contributed by atoms with E-state index >= 15 is 0 Å². The number of aliphatic hydroxyl groups is 1. The van der Waals surface area contributed by atoms with Crippen LogP contribution in [0.25, 0.3) is 11.1 Å². The molecule has 4 rings (SSSR count). The molecule has 0 aliphatic carbocycles. The normalized spacial score (nSPS) is 19.3. The fraction of sp³-hybridized carbons (Fsp3) is 0.417. The number of rotatable bonds is 8. The van der Waals surface area contributed by atoms with Crippen molar-refractivity contribution in [1.29, 1.82) is 0 Å². The first-order chi connectivity index (χ1) is 16.4. The van der Waals surface area contributed by atoms with Crippen LogP contribution in [-0.4, -0.2) is 66.6 Å². The maximum atomic E-state index is 13.8. The summed E-state index contributed by atoms with van der Waals surface area (Å²) in [6.07, 6.45) is 0.418. The van der Waals surface area contributed by atoms with Gasteiger partial charge in [0.05, 0.1) is 38.4 Å². The van der Waals surface area contributed by atoms with Gasteiger partial charge in [-0.15, -0.1) is 0 Å². The summed E-state index contributed by atoms with van der Waals surface area (Å²) in [5.41, 5.74) is 1.76. The van der Waals surface area contributed by atoms with E-state index in [1.54, 1.807) is 41.3 Å². The molecule has 10 heteroatoms. The number of methoxy groups -OCH3 is 1. The number of halogens is 2. The molecule has 2 aromatic carbocycles. The smallest absolute Gasteiger partial charge is 0.296 e. The topological polar surface area (TPSA) is 97.1 Å². The number of nitrogens with one attached hydrogen (secondary N) is 1. The monoisotopic (exact) mass is 491 g/mol. The molecule has 0 bridgehead atoms. The zero-order valence-corrected chi connectivity index (χ0v) is 19.7. The summed E-state index contributed by atoms with van der Waals surface area (Å²) in [5, 5.41) is 12.9. The van der Waals surface area contributed by atoms with E-state index in [2.05, 4.69) is 10.3 Å². The SMILES string of the molecule is COc1cc(C(=O)N2C(C)COC[C@@H]2CCO)cc2nc(N[C@H](CF)c3cccc(Cl)c3)oc12. The number of benzene rings is 2. The van der Waals surface area contributed by atoms with Crippen LogP contribution in [0.2, 0.25) is 5.02 Å². The molecule has 2 heterocycles. The van der Waals surface area contributed by atoms with E-state index in [1.165, 1.54) is 7.11 Å². The summed E-state index contributed by atoms with van der Waals surface area (Å²) in [6, 6.07) is 9.09. The lowest BCUT2D eigenvalue weighted by Crippen LogP contribution is -2.54. The van der Waals surface area contributed by atoms with Crippen molar-refractivity contribution >= 4 is 34.6 Å². The highest BCUT2D eigenvalue weighted by atomic mass is 35.5. The third kappa shape index (κ3) is 4.96. The number of amides is 1. The number of aliphatic hydroxyl groups excluding tert-OH is 1. The Morgan fingerprint density at radius 1 is 1.38 bits per heavy atom. The molecule has 1 aliphatic heterocycles. The lowest BCUT2D eigenvalue weighted by atomic mass is 10.1. The van der Waals surface area contributed by atoms with Crippen molar-refractivity contribution in [1.82, 2.24) is 9.88 Å². The zero-order valence-electron chi connectivity index (χ0n) is 19.0. The molecular formula is C24H27ClFN3O5.